The summed E-state index contributed by atoms with van der Waals surface area (Å²) in [5.74, 6) is 0.466. The van der Waals surface area contributed by atoms with Crippen LogP contribution < -0.4 is 0 Å². The minimum Gasteiger partial charge on any atom is -0.392 e. The van der Waals surface area contributed by atoms with E-state index < -0.39 is 0 Å². The Morgan fingerprint density at radius 2 is 1.95 bits per heavy atom. The molecule has 0 amide bonds. The third-order valence-corrected chi connectivity index (χ3v) is 4.60. The lowest BCUT2D eigenvalue weighted by molar-refractivity contribution is 0.0987. The molecule has 0 fully saturated rings. The van der Waals surface area contributed by atoms with Gasteiger partial charge in [-0.05, 0) is 54.7 Å². The minimum absolute atomic E-state index is 0.170. The van der Waals surface area contributed by atoms with E-state index >= 15 is 0 Å². The van der Waals surface area contributed by atoms with Crippen molar-refractivity contribution in [2.75, 3.05) is 0 Å². The third kappa shape index (κ3) is 3.82. The zero-order chi connectivity index (χ0) is 13.7. The van der Waals surface area contributed by atoms with Crippen molar-refractivity contribution in [2.45, 2.75) is 71.3 Å². The van der Waals surface area contributed by atoms with Gasteiger partial charge in [-0.1, -0.05) is 51.3 Å². The van der Waals surface area contributed by atoms with Crippen LogP contribution in [-0.4, -0.2) is 11.2 Å². The molecule has 1 aliphatic carbocycles. The van der Waals surface area contributed by atoms with Crippen LogP contribution in [0.2, 0.25) is 0 Å². The van der Waals surface area contributed by atoms with Crippen molar-refractivity contribution in [1.29, 1.82) is 0 Å². The van der Waals surface area contributed by atoms with Gasteiger partial charge in [-0.2, -0.15) is 0 Å². The van der Waals surface area contributed by atoms with E-state index in [0.717, 1.165) is 12.8 Å². The molecule has 106 valence electrons. The number of aryl methyl sites for hydroxylation is 2. The average molecular weight is 260 g/mol. The van der Waals surface area contributed by atoms with Crippen LogP contribution in [0.1, 0.15) is 62.6 Å². The van der Waals surface area contributed by atoms with Crippen LogP contribution in [0.5, 0.6) is 0 Å². The van der Waals surface area contributed by atoms with Crippen LogP contribution in [0.15, 0.2) is 18.2 Å². The second-order valence-electron chi connectivity index (χ2n) is 6.04. The van der Waals surface area contributed by atoms with Crippen molar-refractivity contribution >= 4 is 0 Å². The van der Waals surface area contributed by atoms with Gasteiger partial charge in [-0.25, -0.2) is 0 Å². The molecule has 1 N–H and O–H groups in total. The summed E-state index contributed by atoms with van der Waals surface area (Å²) < 4.78 is 0. The fourth-order valence-electron chi connectivity index (χ4n) is 3.30. The molecule has 0 bridgehead atoms. The van der Waals surface area contributed by atoms with Crippen LogP contribution in [0.4, 0.5) is 0 Å². The maximum Gasteiger partial charge on any atom is 0.0608 e. The van der Waals surface area contributed by atoms with Gasteiger partial charge in [0, 0.05) is 0 Å². The Kier molecular flexibility index (Phi) is 5.45. The number of unbranched alkanes of at least 4 members (excludes halogenated alkanes) is 1. The van der Waals surface area contributed by atoms with E-state index in [9.17, 15) is 5.11 Å². The zero-order valence-electron chi connectivity index (χ0n) is 12.5. The van der Waals surface area contributed by atoms with Gasteiger partial charge in [0.05, 0.1) is 6.10 Å². The molecular formula is C18H28O. The smallest absolute Gasteiger partial charge is 0.0608 e. The van der Waals surface area contributed by atoms with Crippen molar-refractivity contribution in [1.82, 2.24) is 0 Å². The van der Waals surface area contributed by atoms with E-state index in [0.29, 0.717) is 5.92 Å². The Morgan fingerprint density at radius 3 is 2.68 bits per heavy atom. The maximum atomic E-state index is 10.4. The van der Waals surface area contributed by atoms with E-state index in [4.69, 9.17) is 0 Å². The molecule has 0 radical (unpaired) electrons. The van der Waals surface area contributed by atoms with Crippen molar-refractivity contribution in [2.24, 2.45) is 5.92 Å². The fraction of sp³-hybridized carbons (Fsp3) is 0.667. The molecule has 1 aliphatic rings. The van der Waals surface area contributed by atoms with Crippen LogP contribution in [0.3, 0.4) is 0 Å². The second-order valence-corrected chi connectivity index (χ2v) is 6.04. The van der Waals surface area contributed by atoms with E-state index in [1.807, 2.05) is 0 Å². The molecule has 2 rings (SSSR count). The van der Waals surface area contributed by atoms with Crippen molar-refractivity contribution in [3.8, 4) is 0 Å². The van der Waals surface area contributed by atoms with Crippen LogP contribution in [0.25, 0.3) is 0 Å². The zero-order valence-corrected chi connectivity index (χ0v) is 12.5. The highest BCUT2D eigenvalue weighted by Crippen LogP contribution is 2.25. The lowest BCUT2D eigenvalue weighted by Crippen LogP contribution is -2.22. The number of hydrogen-bond acceptors (Lipinski definition) is 1. The first-order valence-corrected chi connectivity index (χ1v) is 8.03. The SMILES string of the molecule is CCCCC(CC)C(O)Cc1ccc2c(c1)CCC2. The maximum absolute atomic E-state index is 10.4. The molecule has 1 aromatic carbocycles. The van der Waals surface area contributed by atoms with Gasteiger partial charge in [-0.15, -0.1) is 0 Å². The molecule has 0 saturated carbocycles. The first kappa shape index (κ1) is 14.6. The first-order valence-electron chi connectivity index (χ1n) is 8.03. The van der Waals surface area contributed by atoms with E-state index in [1.165, 1.54) is 55.2 Å². The minimum atomic E-state index is -0.170. The molecule has 1 aromatic rings. The molecule has 0 heterocycles. The van der Waals surface area contributed by atoms with E-state index in [-0.39, 0.29) is 6.10 Å². The van der Waals surface area contributed by atoms with Gasteiger partial charge in [-0.3, -0.25) is 0 Å². The predicted molar refractivity (Wildman–Crippen MR) is 81.5 cm³/mol. The summed E-state index contributed by atoms with van der Waals surface area (Å²) in [6, 6.07) is 6.83. The first-order chi connectivity index (χ1) is 9.24. The molecule has 0 spiro atoms. The Balaban J connectivity index is 1.95. The number of benzene rings is 1. The van der Waals surface area contributed by atoms with Gasteiger partial charge in [0.2, 0.25) is 0 Å². The van der Waals surface area contributed by atoms with Crippen molar-refractivity contribution in [3.05, 3.63) is 34.9 Å². The van der Waals surface area contributed by atoms with Gasteiger partial charge >= 0.3 is 0 Å². The van der Waals surface area contributed by atoms with Crippen molar-refractivity contribution in [3.63, 3.8) is 0 Å². The molecular weight excluding hydrogens is 232 g/mol. The highest BCUT2D eigenvalue weighted by atomic mass is 16.3. The second kappa shape index (κ2) is 7.09. The fourth-order valence-corrected chi connectivity index (χ4v) is 3.30. The molecule has 19 heavy (non-hydrogen) atoms. The Labute approximate surface area is 118 Å². The Bertz CT molecular complexity index is 397. The predicted octanol–water partition coefficient (Wildman–Crippen LogP) is 4.30. The number of rotatable bonds is 7. The third-order valence-electron chi connectivity index (χ3n) is 4.60. The number of hydrogen-bond donors (Lipinski definition) is 1. The summed E-state index contributed by atoms with van der Waals surface area (Å²) in [4.78, 5) is 0. The van der Waals surface area contributed by atoms with Gasteiger partial charge in [0.15, 0.2) is 0 Å². The van der Waals surface area contributed by atoms with Crippen LogP contribution >= 0.6 is 0 Å². The highest BCUT2D eigenvalue weighted by molar-refractivity contribution is 5.35. The summed E-state index contributed by atoms with van der Waals surface area (Å²) in [5.41, 5.74) is 4.37. The molecule has 1 nitrogen and oxygen atoms in total. The highest BCUT2D eigenvalue weighted by Gasteiger charge is 2.18. The van der Waals surface area contributed by atoms with Gasteiger partial charge < -0.3 is 5.11 Å². The molecule has 2 unspecified atom stereocenters. The normalized spacial score (nSPS) is 17.2. The summed E-state index contributed by atoms with van der Waals surface area (Å²) in [6.45, 7) is 4.42. The summed E-state index contributed by atoms with van der Waals surface area (Å²) in [5, 5.41) is 10.4. The van der Waals surface area contributed by atoms with Crippen LogP contribution in [-0.2, 0) is 19.3 Å². The summed E-state index contributed by atoms with van der Waals surface area (Å²) in [6.07, 6.45) is 9.15. The van der Waals surface area contributed by atoms with E-state index in [1.54, 1.807) is 0 Å². The number of aliphatic hydroxyl groups excluding tert-OH is 1. The average Bonchev–Trinajstić information content (AvgIpc) is 2.87. The lowest BCUT2D eigenvalue weighted by Gasteiger charge is -2.21. The monoisotopic (exact) mass is 260 g/mol. The molecule has 0 saturated heterocycles. The van der Waals surface area contributed by atoms with E-state index in [2.05, 4.69) is 32.0 Å². The molecule has 2 atom stereocenters. The van der Waals surface area contributed by atoms with Gasteiger partial charge in [0.1, 0.15) is 0 Å². The molecule has 1 heteroatoms. The summed E-state index contributed by atoms with van der Waals surface area (Å²) in [7, 11) is 0. The molecule has 0 aromatic heterocycles. The Morgan fingerprint density at radius 1 is 1.16 bits per heavy atom. The largest absolute Gasteiger partial charge is 0.392 e. The Hall–Kier alpha value is -0.820. The standard InChI is InChI=1S/C18H28O/c1-3-5-7-15(4-2)18(19)13-14-10-11-16-8-6-9-17(16)12-14/h10-12,15,18-19H,3-9,13H2,1-2H3. The topological polar surface area (TPSA) is 20.2 Å². The van der Waals surface area contributed by atoms with Crippen molar-refractivity contribution < 1.29 is 5.11 Å². The van der Waals surface area contributed by atoms with Crippen LogP contribution in [0, 0.1) is 5.92 Å². The number of aliphatic hydroxyl groups is 1. The molecule has 0 aliphatic heterocycles. The lowest BCUT2D eigenvalue weighted by atomic mass is 9.89. The summed E-state index contributed by atoms with van der Waals surface area (Å²) >= 11 is 0. The quantitative estimate of drug-likeness (QED) is 0.775. The number of fused-ring (bicyclic) bond motifs is 1. The van der Waals surface area contributed by atoms with Gasteiger partial charge in [0.25, 0.3) is 0 Å².